The van der Waals surface area contributed by atoms with Gasteiger partial charge in [0, 0.05) is 29.7 Å². The van der Waals surface area contributed by atoms with Crippen LogP contribution in [-0.4, -0.2) is 47.1 Å². The standard InChI is InChI=1S/C23H23ClN4O3S/c1-31-19-10-4-15(5-11-19)13-20(29)28-12-2-3-16(14-28)22-26-27-23(32-22)21(30)25-18-8-6-17(24)7-9-18/h4-11,16H,2-3,12-14H2,1H3,(H,25,30). The molecule has 3 aromatic rings. The van der Waals surface area contributed by atoms with Crippen LogP contribution >= 0.6 is 22.9 Å². The number of piperidine rings is 1. The summed E-state index contributed by atoms with van der Waals surface area (Å²) in [4.78, 5) is 27.2. The first-order chi connectivity index (χ1) is 15.5. The van der Waals surface area contributed by atoms with Gasteiger partial charge in [-0.25, -0.2) is 0 Å². The molecule has 0 bridgehead atoms. The summed E-state index contributed by atoms with van der Waals surface area (Å²) in [6, 6.07) is 14.4. The predicted molar refractivity (Wildman–Crippen MR) is 125 cm³/mol. The Morgan fingerprint density at radius 1 is 1.16 bits per heavy atom. The fourth-order valence-corrected chi connectivity index (χ4v) is 4.63. The van der Waals surface area contributed by atoms with Crippen molar-refractivity contribution in [2.45, 2.75) is 25.2 Å². The molecule has 1 unspecified atom stereocenters. The molecular weight excluding hydrogens is 448 g/mol. The van der Waals surface area contributed by atoms with Crippen LogP contribution in [0.3, 0.4) is 0 Å². The number of aromatic nitrogens is 2. The molecule has 1 aromatic heterocycles. The van der Waals surface area contributed by atoms with E-state index in [2.05, 4.69) is 15.5 Å². The maximum atomic E-state index is 12.8. The number of ether oxygens (including phenoxy) is 1. The number of rotatable bonds is 6. The second-order valence-electron chi connectivity index (χ2n) is 7.61. The number of carbonyl (C=O) groups is 2. The second kappa shape index (κ2) is 10.1. The van der Waals surface area contributed by atoms with Crippen LogP contribution in [0.15, 0.2) is 48.5 Å². The zero-order valence-corrected chi connectivity index (χ0v) is 19.2. The van der Waals surface area contributed by atoms with E-state index in [1.165, 1.54) is 11.3 Å². The smallest absolute Gasteiger partial charge is 0.286 e. The number of anilines is 1. The van der Waals surface area contributed by atoms with Crippen molar-refractivity contribution < 1.29 is 14.3 Å². The van der Waals surface area contributed by atoms with Crippen molar-refractivity contribution in [2.75, 3.05) is 25.5 Å². The number of nitrogens with one attached hydrogen (secondary N) is 1. The third-order valence-electron chi connectivity index (χ3n) is 5.37. The monoisotopic (exact) mass is 470 g/mol. The van der Waals surface area contributed by atoms with Crippen LogP contribution in [0.1, 0.15) is 39.1 Å². The molecule has 2 aromatic carbocycles. The first kappa shape index (κ1) is 22.2. The first-order valence-electron chi connectivity index (χ1n) is 10.3. The molecule has 1 saturated heterocycles. The molecule has 4 rings (SSSR count). The molecule has 9 heteroatoms. The SMILES string of the molecule is COc1ccc(CC(=O)N2CCCC(c3nnc(C(=O)Nc4ccc(Cl)cc4)s3)C2)cc1. The Morgan fingerprint density at radius 3 is 2.62 bits per heavy atom. The highest BCUT2D eigenvalue weighted by Crippen LogP contribution is 2.30. The normalized spacial score (nSPS) is 15.9. The highest BCUT2D eigenvalue weighted by molar-refractivity contribution is 7.13. The summed E-state index contributed by atoms with van der Waals surface area (Å²) in [6.45, 7) is 1.32. The molecule has 1 aliphatic rings. The molecule has 0 radical (unpaired) electrons. The molecule has 1 N–H and O–H groups in total. The Morgan fingerprint density at radius 2 is 1.91 bits per heavy atom. The van der Waals surface area contributed by atoms with E-state index in [4.69, 9.17) is 16.3 Å². The van der Waals surface area contributed by atoms with Gasteiger partial charge < -0.3 is 15.0 Å². The van der Waals surface area contributed by atoms with Crippen molar-refractivity contribution in [3.63, 3.8) is 0 Å². The summed E-state index contributed by atoms with van der Waals surface area (Å²) in [6.07, 6.45) is 2.16. The van der Waals surface area contributed by atoms with E-state index in [1.54, 1.807) is 31.4 Å². The summed E-state index contributed by atoms with van der Waals surface area (Å²) in [5.74, 6) is 0.633. The van der Waals surface area contributed by atoms with E-state index in [1.807, 2.05) is 29.2 Å². The van der Waals surface area contributed by atoms with Gasteiger partial charge in [-0.1, -0.05) is 35.1 Å². The lowest BCUT2D eigenvalue weighted by Crippen LogP contribution is -2.39. The van der Waals surface area contributed by atoms with E-state index in [0.717, 1.165) is 35.7 Å². The molecule has 32 heavy (non-hydrogen) atoms. The lowest BCUT2D eigenvalue weighted by molar-refractivity contribution is -0.131. The third kappa shape index (κ3) is 5.44. The van der Waals surface area contributed by atoms with Gasteiger partial charge >= 0.3 is 0 Å². The number of methoxy groups -OCH3 is 1. The van der Waals surface area contributed by atoms with E-state index >= 15 is 0 Å². The van der Waals surface area contributed by atoms with Crippen molar-refractivity contribution >= 4 is 40.4 Å². The van der Waals surface area contributed by atoms with Crippen LogP contribution < -0.4 is 10.1 Å². The number of hydrogen-bond donors (Lipinski definition) is 1. The van der Waals surface area contributed by atoms with E-state index in [-0.39, 0.29) is 17.7 Å². The second-order valence-corrected chi connectivity index (χ2v) is 9.06. The van der Waals surface area contributed by atoms with Crippen LogP contribution in [0, 0.1) is 0 Å². The van der Waals surface area contributed by atoms with Crippen molar-refractivity contribution in [2.24, 2.45) is 0 Å². The highest BCUT2D eigenvalue weighted by Gasteiger charge is 2.28. The largest absolute Gasteiger partial charge is 0.497 e. The van der Waals surface area contributed by atoms with Gasteiger partial charge in [0.2, 0.25) is 10.9 Å². The van der Waals surface area contributed by atoms with Crippen molar-refractivity contribution in [3.05, 3.63) is 69.1 Å². The first-order valence-corrected chi connectivity index (χ1v) is 11.5. The van der Waals surface area contributed by atoms with Gasteiger partial charge in [0.1, 0.15) is 10.8 Å². The van der Waals surface area contributed by atoms with Gasteiger partial charge in [-0.2, -0.15) is 0 Å². The molecule has 166 valence electrons. The molecular formula is C23H23ClN4O3S. The van der Waals surface area contributed by atoms with Crippen LogP contribution in [-0.2, 0) is 11.2 Å². The van der Waals surface area contributed by atoms with Gasteiger partial charge in [-0.3, -0.25) is 9.59 Å². The Hall–Kier alpha value is -2.97. The number of amides is 2. The molecule has 1 aliphatic heterocycles. The predicted octanol–water partition coefficient (Wildman–Crippen LogP) is 4.40. The topological polar surface area (TPSA) is 84.4 Å². The molecule has 0 saturated carbocycles. The summed E-state index contributed by atoms with van der Waals surface area (Å²) >= 11 is 7.16. The zero-order valence-electron chi connectivity index (χ0n) is 17.6. The molecule has 1 atom stereocenters. The fourth-order valence-electron chi connectivity index (χ4n) is 3.64. The maximum absolute atomic E-state index is 12.8. The fraction of sp³-hybridized carbons (Fsp3) is 0.304. The van der Waals surface area contributed by atoms with Crippen LogP contribution in [0.4, 0.5) is 5.69 Å². The molecule has 0 spiro atoms. The number of carbonyl (C=O) groups excluding carboxylic acids is 2. The maximum Gasteiger partial charge on any atom is 0.286 e. The number of benzene rings is 2. The van der Waals surface area contributed by atoms with Gasteiger partial charge in [0.25, 0.3) is 5.91 Å². The molecule has 7 nitrogen and oxygen atoms in total. The highest BCUT2D eigenvalue weighted by atomic mass is 35.5. The van der Waals surface area contributed by atoms with Crippen molar-refractivity contribution in [3.8, 4) is 5.75 Å². The van der Waals surface area contributed by atoms with E-state index in [0.29, 0.717) is 28.7 Å². The minimum absolute atomic E-state index is 0.0816. The summed E-state index contributed by atoms with van der Waals surface area (Å²) in [5, 5.41) is 12.8. The summed E-state index contributed by atoms with van der Waals surface area (Å²) < 4.78 is 5.17. The van der Waals surface area contributed by atoms with Crippen LogP contribution in [0.25, 0.3) is 0 Å². The van der Waals surface area contributed by atoms with Gasteiger partial charge in [-0.15, -0.1) is 10.2 Å². The number of likely N-dealkylation sites (tertiary alicyclic amines) is 1. The lowest BCUT2D eigenvalue weighted by atomic mass is 9.98. The lowest BCUT2D eigenvalue weighted by Gasteiger charge is -2.31. The molecule has 1 fully saturated rings. The average molecular weight is 471 g/mol. The van der Waals surface area contributed by atoms with Crippen LogP contribution in [0.2, 0.25) is 5.02 Å². The Labute approximate surface area is 195 Å². The number of nitrogens with zero attached hydrogens (tertiary/aromatic N) is 3. The molecule has 2 heterocycles. The van der Waals surface area contributed by atoms with E-state index < -0.39 is 0 Å². The minimum atomic E-state index is -0.306. The quantitative estimate of drug-likeness (QED) is 0.577. The Bertz CT molecular complexity index is 1090. The summed E-state index contributed by atoms with van der Waals surface area (Å²) in [7, 11) is 1.62. The van der Waals surface area contributed by atoms with E-state index in [9.17, 15) is 9.59 Å². The Kier molecular flexibility index (Phi) is 7.02. The number of halogens is 1. The minimum Gasteiger partial charge on any atom is -0.497 e. The zero-order chi connectivity index (χ0) is 22.5. The Balaban J connectivity index is 1.36. The van der Waals surface area contributed by atoms with Crippen LogP contribution in [0.5, 0.6) is 5.75 Å². The van der Waals surface area contributed by atoms with Gasteiger partial charge in [-0.05, 0) is 54.8 Å². The molecule has 2 amide bonds. The molecule has 0 aliphatic carbocycles. The van der Waals surface area contributed by atoms with Gasteiger partial charge in [0.15, 0.2) is 0 Å². The summed E-state index contributed by atoms with van der Waals surface area (Å²) in [5.41, 5.74) is 1.60. The van der Waals surface area contributed by atoms with Crippen molar-refractivity contribution in [1.29, 1.82) is 0 Å². The van der Waals surface area contributed by atoms with Gasteiger partial charge in [0.05, 0.1) is 13.5 Å². The van der Waals surface area contributed by atoms with Crippen molar-refractivity contribution in [1.82, 2.24) is 15.1 Å². The third-order valence-corrected chi connectivity index (χ3v) is 6.71. The number of hydrogen-bond acceptors (Lipinski definition) is 6. The average Bonchev–Trinajstić information content (AvgIpc) is 3.32.